The zero-order chi connectivity index (χ0) is 14.7. The van der Waals surface area contributed by atoms with E-state index < -0.39 is 11.9 Å². The number of amides is 1. The third-order valence-electron chi connectivity index (χ3n) is 2.77. The predicted octanol–water partition coefficient (Wildman–Crippen LogP) is 2.04. The van der Waals surface area contributed by atoms with Gasteiger partial charge in [-0.1, -0.05) is 17.7 Å². The average Bonchev–Trinajstić information content (AvgIpc) is 2.41. The molecule has 1 aromatic carbocycles. The molecule has 0 bridgehead atoms. The molecule has 1 amide bonds. The minimum atomic E-state index is -1.24. The average molecular weight is 271 g/mol. The molecule has 0 radical (unpaired) electrons. The van der Waals surface area contributed by atoms with Gasteiger partial charge < -0.3 is 10.4 Å². The number of carboxylic acid groups (broad SMARTS) is 1. The van der Waals surface area contributed by atoms with Crippen molar-refractivity contribution in [3.63, 3.8) is 0 Å². The molecule has 0 aliphatic rings. The first-order valence-electron chi connectivity index (χ1n) is 5.92. The molecule has 0 saturated carbocycles. The van der Waals surface area contributed by atoms with Crippen molar-refractivity contribution < 1.29 is 14.7 Å². The van der Waals surface area contributed by atoms with Crippen LogP contribution in [0.4, 0.5) is 5.82 Å². The van der Waals surface area contributed by atoms with Crippen LogP contribution in [0, 0.1) is 13.8 Å². The number of aromatic carboxylic acids is 1. The van der Waals surface area contributed by atoms with E-state index in [-0.39, 0.29) is 11.5 Å². The van der Waals surface area contributed by atoms with E-state index in [1.807, 2.05) is 26.0 Å². The summed E-state index contributed by atoms with van der Waals surface area (Å²) in [4.78, 5) is 30.7. The van der Waals surface area contributed by atoms with E-state index >= 15 is 0 Å². The third-order valence-corrected chi connectivity index (χ3v) is 2.77. The van der Waals surface area contributed by atoms with E-state index in [2.05, 4.69) is 15.3 Å². The van der Waals surface area contributed by atoms with Gasteiger partial charge in [0.1, 0.15) is 0 Å². The van der Waals surface area contributed by atoms with Crippen LogP contribution in [0.25, 0.3) is 0 Å². The van der Waals surface area contributed by atoms with Gasteiger partial charge in [0, 0.05) is 18.0 Å². The molecule has 2 N–H and O–H groups in total. The zero-order valence-corrected chi connectivity index (χ0v) is 11.0. The second kappa shape index (κ2) is 5.48. The fraction of sp³-hybridized carbons (Fsp3) is 0.143. The lowest BCUT2D eigenvalue weighted by Crippen LogP contribution is -2.18. The highest BCUT2D eigenvalue weighted by Crippen LogP contribution is 2.14. The topological polar surface area (TPSA) is 92.2 Å². The fourth-order valence-electron chi connectivity index (χ4n) is 1.74. The van der Waals surface area contributed by atoms with E-state index in [1.165, 1.54) is 12.4 Å². The quantitative estimate of drug-likeness (QED) is 0.891. The van der Waals surface area contributed by atoms with Crippen LogP contribution < -0.4 is 5.32 Å². The van der Waals surface area contributed by atoms with Crippen LogP contribution in [0.2, 0.25) is 0 Å². The molecule has 0 atom stereocenters. The molecule has 1 aromatic heterocycles. The van der Waals surface area contributed by atoms with Gasteiger partial charge >= 0.3 is 5.97 Å². The number of carbonyl (C=O) groups excluding carboxylic acids is 1. The highest BCUT2D eigenvalue weighted by Gasteiger charge is 2.17. The van der Waals surface area contributed by atoms with E-state index in [9.17, 15) is 9.59 Å². The summed E-state index contributed by atoms with van der Waals surface area (Å²) < 4.78 is 0. The molecule has 20 heavy (non-hydrogen) atoms. The van der Waals surface area contributed by atoms with Gasteiger partial charge in [-0.25, -0.2) is 14.8 Å². The van der Waals surface area contributed by atoms with Gasteiger partial charge in [-0.15, -0.1) is 0 Å². The Morgan fingerprint density at radius 2 is 1.85 bits per heavy atom. The normalized spacial score (nSPS) is 10.1. The van der Waals surface area contributed by atoms with Crippen molar-refractivity contribution in [1.82, 2.24) is 9.97 Å². The Balaban J connectivity index is 2.33. The number of nitrogens with one attached hydrogen (secondary N) is 1. The van der Waals surface area contributed by atoms with Crippen molar-refractivity contribution >= 4 is 17.7 Å². The molecule has 0 unspecified atom stereocenters. The predicted molar refractivity (Wildman–Crippen MR) is 72.9 cm³/mol. The Kier molecular flexibility index (Phi) is 3.74. The number of carbonyl (C=O) groups is 2. The van der Waals surface area contributed by atoms with Gasteiger partial charge in [-0.05, 0) is 25.5 Å². The van der Waals surface area contributed by atoms with Crippen LogP contribution in [-0.2, 0) is 0 Å². The summed E-state index contributed by atoms with van der Waals surface area (Å²) in [6.45, 7) is 3.68. The summed E-state index contributed by atoms with van der Waals surface area (Å²) >= 11 is 0. The van der Waals surface area contributed by atoms with Crippen molar-refractivity contribution in [1.29, 1.82) is 0 Å². The largest absolute Gasteiger partial charge is 0.476 e. The first-order chi connectivity index (χ1) is 9.49. The van der Waals surface area contributed by atoms with Gasteiger partial charge in [0.2, 0.25) is 0 Å². The number of carboxylic acids is 1. The van der Waals surface area contributed by atoms with Crippen molar-refractivity contribution in [3.05, 3.63) is 53.0 Å². The molecule has 0 saturated heterocycles. The van der Waals surface area contributed by atoms with Crippen LogP contribution in [-0.4, -0.2) is 27.0 Å². The molecule has 0 spiro atoms. The lowest BCUT2D eigenvalue weighted by Gasteiger charge is -2.09. The molecular weight excluding hydrogens is 258 g/mol. The van der Waals surface area contributed by atoms with Crippen molar-refractivity contribution in [2.45, 2.75) is 13.8 Å². The summed E-state index contributed by atoms with van der Waals surface area (Å²) in [6, 6.07) is 5.47. The first-order valence-corrected chi connectivity index (χ1v) is 5.92. The van der Waals surface area contributed by atoms with E-state index in [1.54, 1.807) is 6.07 Å². The Bertz CT molecular complexity index is 683. The SMILES string of the molecule is Cc1ccc(C)c(C(=O)Nc2nccnc2C(=O)O)c1. The fourth-order valence-corrected chi connectivity index (χ4v) is 1.74. The third kappa shape index (κ3) is 2.80. The highest BCUT2D eigenvalue weighted by atomic mass is 16.4. The Labute approximate surface area is 115 Å². The second-order valence-corrected chi connectivity index (χ2v) is 4.33. The standard InChI is InChI=1S/C14H13N3O3/c1-8-3-4-9(2)10(7-8)13(18)17-12-11(14(19)20)15-5-6-16-12/h3-7H,1-2H3,(H,19,20)(H,16,17,18). The summed E-state index contributed by atoms with van der Waals surface area (Å²) in [5.41, 5.74) is 1.94. The number of aromatic nitrogens is 2. The minimum absolute atomic E-state index is 0.0640. The Hall–Kier alpha value is -2.76. The van der Waals surface area contributed by atoms with Crippen molar-refractivity contribution in [3.8, 4) is 0 Å². The molecule has 0 fully saturated rings. The molecule has 0 aliphatic carbocycles. The number of benzene rings is 1. The van der Waals surface area contributed by atoms with Gasteiger partial charge in [-0.2, -0.15) is 0 Å². The van der Waals surface area contributed by atoms with E-state index in [0.717, 1.165) is 11.1 Å². The van der Waals surface area contributed by atoms with Gasteiger partial charge in [0.05, 0.1) is 0 Å². The van der Waals surface area contributed by atoms with Crippen molar-refractivity contribution in [2.75, 3.05) is 5.32 Å². The van der Waals surface area contributed by atoms with Crippen LogP contribution in [0.3, 0.4) is 0 Å². The van der Waals surface area contributed by atoms with Crippen LogP contribution in [0.5, 0.6) is 0 Å². The molecule has 2 rings (SSSR count). The smallest absolute Gasteiger partial charge is 0.358 e. The first kappa shape index (κ1) is 13.7. The van der Waals surface area contributed by atoms with Crippen LogP contribution in [0.1, 0.15) is 32.0 Å². The number of aryl methyl sites for hydroxylation is 2. The second-order valence-electron chi connectivity index (χ2n) is 4.33. The zero-order valence-electron chi connectivity index (χ0n) is 11.0. The number of hydrogen-bond acceptors (Lipinski definition) is 4. The van der Waals surface area contributed by atoms with Crippen LogP contribution >= 0.6 is 0 Å². The lowest BCUT2D eigenvalue weighted by molar-refractivity contribution is 0.0691. The maximum atomic E-state index is 12.2. The molecule has 2 aromatic rings. The van der Waals surface area contributed by atoms with Gasteiger partial charge in [0.15, 0.2) is 11.5 Å². The van der Waals surface area contributed by atoms with Crippen LogP contribution in [0.15, 0.2) is 30.6 Å². The Morgan fingerprint density at radius 1 is 1.15 bits per heavy atom. The van der Waals surface area contributed by atoms with Gasteiger partial charge in [-0.3, -0.25) is 4.79 Å². The lowest BCUT2D eigenvalue weighted by atomic mass is 10.1. The monoisotopic (exact) mass is 271 g/mol. The van der Waals surface area contributed by atoms with Gasteiger partial charge in [0.25, 0.3) is 5.91 Å². The molecule has 6 heteroatoms. The number of rotatable bonds is 3. The number of hydrogen-bond donors (Lipinski definition) is 2. The maximum Gasteiger partial charge on any atom is 0.358 e. The molecule has 1 heterocycles. The molecule has 102 valence electrons. The molecular formula is C14H13N3O3. The molecule has 6 nitrogen and oxygen atoms in total. The number of anilines is 1. The minimum Gasteiger partial charge on any atom is -0.476 e. The number of nitrogens with zero attached hydrogens (tertiary/aromatic N) is 2. The summed E-state index contributed by atoms with van der Waals surface area (Å²) in [5.74, 6) is -1.71. The maximum absolute atomic E-state index is 12.2. The van der Waals surface area contributed by atoms with Crippen molar-refractivity contribution in [2.24, 2.45) is 0 Å². The molecule has 0 aliphatic heterocycles. The summed E-state index contributed by atoms with van der Waals surface area (Å²) in [7, 11) is 0. The van der Waals surface area contributed by atoms with E-state index in [4.69, 9.17) is 5.11 Å². The van der Waals surface area contributed by atoms with E-state index in [0.29, 0.717) is 5.56 Å². The highest BCUT2D eigenvalue weighted by molar-refractivity contribution is 6.07. The summed E-state index contributed by atoms with van der Waals surface area (Å²) in [5, 5.41) is 11.5. The Morgan fingerprint density at radius 3 is 2.55 bits per heavy atom. The summed E-state index contributed by atoms with van der Waals surface area (Å²) in [6.07, 6.45) is 2.59.